The molecule has 26 heavy (non-hydrogen) atoms. The molecule has 1 aromatic heterocycles. The first kappa shape index (κ1) is 21.0. The zero-order valence-corrected chi connectivity index (χ0v) is 17.1. The van der Waals surface area contributed by atoms with Crippen molar-refractivity contribution in [1.29, 1.82) is 0 Å². The van der Waals surface area contributed by atoms with Crippen molar-refractivity contribution in [3.8, 4) is 22.8 Å². The van der Waals surface area contributed by atoms with Crippen LogP contribution in [0.5, 0.6) is 0 Å². The van der Waals surface area contributed by atoms with E-state index in [0.717, 1.165) is 6.07 Å². The quantitative estimate of drug-likeness (QED) is 0.648. The summed E-state index contributed by atoms with van der Waals surface area (Å²) in [5.41, 5.74) is 0.697. The predicted octanol–water partition coefficient (Wildman–Crippen LogP) is 0.845. The van der Waals surface area contributed by atoms with Crippen LogP contribution in [0.2, 0.25) is 5.02 Å². The molecule has 0 bridgehead atoms. The molecule has 3 aromatic rings. The number of nitrogens with zero attached hydrogens (tertiary/aromatic N) is 1. The van der Waals surface area contributed by atoms with E-state index in [-0.39, 0.29) is 58.9 Å². The minimum atomic E-state index is -3.90. The molecule has 0 saturated heterocycles. The Kier molecular flexibility index (Phi) is 6.60. The largest absolute Gasteiger partial charge is 1.00 e. The number of sulfonamides is 1. The molecule has 132 valence electrons. The summed E-state index contributed by atoms with van der Waals surface area (Å²) < 4.78 is 55.3. The Balaban J connectivity index is 0.00000182. The average Bonchev–Trinajstić information content (AvgIpc) is 2.92. The van der Waals surface area contributed by atoms with Gasteiger partial charge in [0.2, 0.25) is 15.9 Å². The number of hydrogen-bond donors (Lipinski definition) is 1. The SMILES string of the molecule is NS(=O)(=O)Cc1nc(-c2ccc(F)cc2)oc1-c1ccc(Cl)c(F)c1.[H-].[Na+]. The van der Waals surface area contributed by atoms with E-state index in [1.54, 1.807) is 0 Å². The van der Waals surface area contributed by atoms with Gasteiger partial charge in [0.05, 0.1) is 5.02 Å². The van der Waals surface area contributed by atoms with Crippen LogP contribution in [0.25, 0.3) is 22.8 Å². The van der Waals surface area contributed by atoms with Gasteiger partial charge in [0.25, 0.3) is 0 Å². The van der Waals surface area contributed by atoms with Gasteiger partial charge in [-0.3, -0.25) is 0 Å². The molecule has 0 atom stereocenters. The first-order chi connectivity index (χ1) is 11.7. The summed E-state index contributed by atoms with van der Waals surface area (Å²) in [6, 6.07) is 9.15. The second kappa shape index (κ2) is 8.16. The first-order valence-electron chi connectivity index (χ1n) is 6.94. The molecular formula is C16H12ClF2N2NaO3S. The number of hydrogen-bond acceptors (Lipinski definition) is 4. The molecule has 2 N–H and O–H groups in total. The van der Waals surface area contributed by atoms with Crippen molar-refractivity contribution in [3.63, 3.8) is 0 Å². The Bertz CT molecular complexity index is 1050. The van der Waals surface area contributed by atoms with Crippen LogP contribution in [0.4, 0.5) is 8.78 Å². The van der Waals surface area contributed by atoms with Crippen LogP contribution in [-0.4, -0.2) is 13.4 Å². The summed E-state index contributed by atoms with van der Waals surface area (Å²) in [5.74, 6) is -1.63. The Labute approximate surface area is 177 Å². The van der Waals surface area contributed by atoms with E-state index in [4.69, 9.17) is 21.2 Å². The van der Waals surface area contributed by atoms with Gasteiger partial charge in [0.15, 0.2) is 5.76 Å². The Morgan fingerprint density at radius 2 is 1.73 bits per heavy atom. The maximum Gasteiger partial charge on any atom is 1.00 e. The van der Waals surface area contributed by atoms with E-state index < -0.39 is 27.4 Å². The van der Waals surface area contributed by atoms with Crippen molar-refractivity contribution in [1.82, 2.24) is 4.98 Å². The van der Waals surface area contributed by atoms with E-state index in [1.807, 2.05) is 0 Å². The third-order valence-electron chi connectivity index (χ3n) is 3.31. The van der Waals surface area contributed by atoms with Crippen LogP contribution in [0.15, 0.2) is 46.9 Å². The maximum atomic E-state index is 13.7. The summed E-state index contributed by atoms with van der Waals surface area (Å²) in [5, 5.41) is 4.99. The third kappa shape index (κ3) is 4.91. The number of rotatable bonds is 4. The van der Waals surface area contributed by atoms with E-state index in [2.05, 4.69) is 4.98 Å². The number of oxazole rings is 1. The molecule has 0 fully saturated rings. The van der Waals surface area contributed by atoms with Gasteiger partial charge in [-0.15, -0.1) is 0 Å². The second-order valence-electron chi connectivity index (χ2n) is 5.24. The van der Waals surface area contributed by atoms with Gasteiger partial charge >= 0.3 is 29.6 Å². The molecule has 10 heteroatoms. The van der Waals surface area contributed by atoms with Crippen LogP contribution < -0.4 is 34.7 Å². The molecule has 2 aromatic carbocycles. The molecule has 0 unspecified atom stereocenters. The molecule has 0 radical (unpaired) electrons. The van der Waals surface area contributed by atoms with Crippen molar-refractivity contribution >= 4 is 21.6 Å². The molecule has 0 saturated carbocycles. The minimum absolute atomic E-state index is 0. The standard InChI is InChI=1S/C16H11ClF2N2O3S.Na.H/c17-12-6-3-10(7-13(12)19)15-14(8-25(20,22)23)21-16(24-15)9-1-4-11(18)5-2-9;;/h1-7H,8H2,(H2,20,22,23);;/q;+1;-1. The molecule has 3 rings (SSSR count). The van der Waals surface area contributed by atoms with Gasteiger partial charge in [-0.2, -0.15) is 0 Å². The van der Waals surface area contributed by atoms with Gasteiger partial charge < -0.3 is 5.84 Å². The Morgan fingerprint density at radius 3 is 2.31 bits per heavy atom. The smallest absolute Gasteiger partial charge is 1.00 e. The monoisotopic (exact) mass is 408 g/mol. The first-order valence-corrected chi connectivity index (χ1v) is 9.04. The number of primary sulfonamides is 1. The van der Waals surface area contributed by atoms with Crippen molar-refractivity contribution in [2.45, 2.75) is 5.75 Å². The Hall–Kier alpha value is -1.29. The zero-order chi connectivity index (χ0) is 18.2. The third-order valence-corrected chi connectivity index (χ3v) is 4.29. The van der Waals surface area contributed by atoms with Crippen molar-refractivity contribution < 1.29 is 52.6 Å². The molecule has 5 nitrogen and oxygen atoms in total. The number of benzene rings is 2. The fourth-order valence-corrected chi connectivity index (χ4v) is 2.91. The van der Waals surface area contributed by atoms with Gasteiger partial charge in [-0.05, 0) is 42.5 Å². The number of halogens is 3. The van der Waals surface area contributed by atoms with E-state index in [1.165, 1.54) is 36.4 Å². The summed E-state index contributed by atoms with van der Waals surface area (Å²) in [7, 11) is -3.90. The molecule has 0 aliphatic heterocycles. The van der Waals surface area contributed by atoms with E-state index in [0.29, 0.717) is 5.56 Å². The maximum absolute atomic E-state index is 13.7. The summed E-state index contributed by atoms with van der Waals surface area (Å²) in [6.45, 7) is 0. The Morgan fingerprint density at radius 1 is 1.12 bits per heavy atom. The molecule has 0 aliphatic rings. The zero-order valence-electron chi connectivity index (χ0n) is 14.5. The number of aromatic nitrogens is 1. The van der Waals surface area contributed by atoms with Crippen molar-refractivity contribution in [2.75, 3.05) is 0 Å². The van der Waals surface area contributed by atoms with Crippen LogP contribution >= 0.6 is 11.6 Å². The normalized spacial score (nSPS) is 11.2. The van der Waals surface area contributed by atoms with Gasteiger partial charge in [-0.1, -0.05) is 11.6 Å². The summed E-state index contributed by atoms with van der Waals surface area (Å²) in [6.07, 6.45) is 0. The minimum Gasteiger partial charge on any atom is -1.00 e. The molecule has 0 aliphatic carbocycles. The molecule has 0 amide bonds. The van der Waals surface area contributed by atoms with Crippen molar-refractivity contribution in [3.05, 3.63) is 64.8 Å². The second-order valence-corrected chi connectivity index (χ2v) is 7.26. The van der Waals surface area contributed by atoms with Gasteiger partial charge in [-0.25, -0.2) is 27.3 Å². The summed E-state index contributed by atoms with van der Waals surface area (Å²) in [4.78, 5) is 4.12. The van der Waals surface area contributed by atoms with Crippen molar-refractivity contribution in [2.24, 2.45) is 5.14 Å². The average molecular weight is 409 g/mol. The predicted molar refractivity (Wildman–Crippen MR) is 90.2 cm³/mol. The fraction of sp³-hybridized carbons (Fsp3) is 0.0625. The van der Waals surface area contributed by atoms with Crippen LogP contribution in [-0.2, 0) is 15.8 Å². The van der Waals surface area contributed by atoms with Crippen LogP contribution in [0.3, 0.4) is 0 Å². The molecule has 0 spiro atoms. The van der Waals surface area contributed by atoms with Gasteiger partial charge in [0, 0.05) is 11.1 Å². The topological polar surface area (TPSA) is 86.2 Å². The van der Waals surface area contributed by atoms with Gasteiger partial charge in [0.1, 0.15) is 23.1 Å². The van der Waals surface area contributed by atoms with Crippen LogP contribution in [0.1, 0.15) is 7.12 Å². The van der Waals surface area contributed by atoms with E-state index >= 15 is 0 Å². The summed E-state index contributed by atoms with van der Waals surface area (Å²) >= 11 is 5.66. The van der Waals surface area contributed by atoms with E-state index in [9.17, 15) is 17.2 Å². The number of nitrogens with two attached hydrogens (primary N) is 1. The fourth-order valence-electron chi connectivity index (χ4n) is 2.22. The molecule has 1 heterocycles. The van der Waals surface area contributed by atoms with Crippen LogP contribution in [0, 0.1) is 11.6 Å². The molecular weight excluding hydrogens is 397 g/mol.